The number of hydrogen-bond acceptors (Lipinski definition) is 7. The lowest BCUT2D eigenvalue weighted by Gasteiger charge is -2.20. The van der Waals surface area contributed by atoms with E-state index in [-0.39, 0.29) is 5.91 Å². The second kappa shape index (κ2) is 9.80. The number of nitrogens with one attached hydrogen (secondary N) is 1. The fraction of sp³-hybridized carbons (Fsp3) is 0.179. The lowest BCUT2D eigenvalue weighted by molar-refractivity contribution is -0.122. The van der Waals surface area contributed by atoms with Crippen LogP contribution < -0.4 is 15.1 Å². The van der Waals surface area contributed by atoms with E-state index >= 15 is 0 Å². The van der Waals surface area contributed by atoms with Crippen molar-refractivity contribution in [3.63, 3.8) is 0 Å². The predicted octanol–water partition coefficient (Wildman–Crippen LogP) is 5.51. The molecule has 0 aliphatic carbocycles. The molecule has 2 aliphatic rings. The average Bonchev–Trinajstić information content (AvgIpc) is 3.33. The van der Waals surface area contributed by atoms with Crippen molar-refractivity contribution >= 4 is 45.6 Å². The van der Waals surface area contributed by atoms with Gasteiger partial charge in [0.05, 0.1) is 40.9 Å². The molecule has 0 unspecified atom stereocenters. The fourth-order valence-corrected chi connectivity index (χ4v) is 5.60. The van der Waals surface area contributed by atoms with Crippen LogP contribution in [0.5, 0.6) is 0 Å². The largest absolute Gasteiger partial charge is 0.384 e. The number of thioether (sulfide) groups is 1. The minimum Gasteiger partial charge on any atom is -0.384 e. The molecule has 1 N–H and O–H groups in total. The Hall–Kier alpha value is -4.22. The molecule has 0 spiro atoms. The molecule has 36 heavy (non-hydrogen) atoms. The number of amides is 1. The van der Waals surface area contributed by atoms with Crippen molar-refractivity contribution in [2.24, 2.45) is 4.99 Å². The zero-order chi connectivity index (χ0) is 25.2. The molecule has 0 radical (unpaired) electrons. The Morgan fingerprint density at radius 3 is 2.28 bits per heavy atom. The topological polar surface area (TPSA) is 75.0 Å². The van der Waals surface area contributed by atoms with Gasteiger partial charge in [0, 0.05) is 20.6 Å². The van der Waals surface area contributed by atoms with Crippen LogP contribution in [-0.4, -0.2) is 36.6 Å². The number of nitrogens with zero attached hydrogens (tertiary/aromatic N) is 5. The van der Waals surface area contributed by atoms with Crippen molar-refractivity contribution in [1.82, 2.24) is 4.90 Å². The van der Waals surface area contributed by atoms with Gasteiger partial charge in [0.2, 0.25) is 0 Å². The van der Waals surface area contributed by atoms with Gasteiger partial charge in [-0.2, -0.15) is 5.26 Å². The Balaban J connectivity index is 1.62. The van der Waals surface area contributed by atoms with Crippen LogP contribution in [0, 0.1) is 11.3 Å². The first-order valence-electron chi connectivity index (χ1n) is 11.7. The highest BCUT2D eigenvalue weighted by Gasteiger charge is 2.40. The molecule has 0 atom stereocenters. The maximum atomic E-state index is 13.9. The monoisotopic (exact) mass is 494 g/mol. The zero-order valence-electron chi connectivity index (χ0n) is 20.4. The fourth-order valence-electron chi connectivity index (χ4n) is 4.46. The molecule has 0 saturated carbocycles. The number of hydrogen-bond donors (Lipinski definition) is 1. The number of carbonyl (C=O) groups is 1. The van der Waals surface area contributed by atoms with Gasteiger partial charge in [-0.05, 0) is 54.6 Å². The number of rotatable bonds is 5. The number of aliphatic imine (C=N–C) groups is 1. The van der Waals surface area contributed by atoms with Gasteiger partial charge in [0.1, 0.15) is 10.7 Å². The molecule has 3 aromatic carbocycles. The van der Waals surface area contributed by atoms with Crippen LogP contribution in [0.3, 0.4) is 0 Å². The number of benzene rings is 3. The van der Waals surface area contributed by atoms with E-state index in [1.165, 1.54) is 11.8 Å². The Kier molecular flexibility index (Phi) is 6.40. The maximum Gasteiger partial charge on any atom is 0.270 e. The number of carbonyl (C=O) groups excluding carboxylic acids is 1. The summed E-state index contributed by atoms with van der Waals surface area (Å²) in [5.74, 6) is 0.734. The van der Waals surface area contributed by atoms with Crippen molar-refractivity contribution in [2.75, 3.05) is 35.8 Å². The quantitative estimate of drug-likeness (QED) is 0.472. The first-order valence-corrected chi connectivity index (χ1v) is 12.5. The Bertz CT molecular complexity index is 1390. The Morgan fingerprint density at radius 2 is 1.64 bits per heavy atom. The molecule has 7 nitrogen and oxygen atoms in total. The molecule has 180 valence electrons. The van der Waals surface area contributed by atoms with Crippen LogP contribution in [0.2, 0.25) is 0 Å². The van der Waals surface area contributed by atoms with Crippen molar-refractivity contribution in [2.45, 2.75) is 13.5 Å². The van der Waals surface area contributed by atoms with Crippen molar-refractivity contribution in [1.29, 1.82) is 5.26 Å². The van der Waals surface area contributed by atoms with Gasteiger partial charge in [0.25, 0.3) is 5.91 Å². The van der Waals surface area contributed by atoms with Crippen LogP contribution in [0.4, 0.5) is 22.7 Å². The highest BCUT2D eigenvalue weighted by Crippen LogP contribution is 2.45. The smallest absolute Gasteiger partial charge is 0.270 e. The molecule has 1 fully saturated rings. The molecular weight excluding hydrogens is 468 g/mol. The van der Waals surface area contributed by atoms with Crippen molar-refractivity contribution in [3.8, 4) is 6.07 Å². The van der Waals surface area contributed by atoms with E-state index in [0.29, 0.717) is 34.4 Å². The lowest BCUT2D eigenvalue weighted by atomic mass is 10.2. The predicted molar refractivity (Wildman–Crippen MR) is 147 cm³/mol. The van der Waals surface area contributed by atoms with Crippen LogP contribution in [0.15, 0.2) is 88.5 Å². The summed E-state index contributed by atoms with van der Waals surface area (Å²) in [4.78, 5) is 25.3. The zero-order valence-corrected chi connectivity index (χ0v) is 21.2. The maximum absolute atomic E-state index is 13.9. The molecule has 0 aromatic heterocycles. The lowest BCUT2D eigenvalue weighted by Crippen LogP contribution is -2.31. The van der Waals surface area contributed by atoms with Gasteiger partial charge in [0.15, 0.2) is 5.17 Å². The van der Waals surface area contributed by atoms with Gasteiger partial charge in [-0.3, -0.25) is 9.69 Å². The highest BCUT2D eigenvalue weighted by molar-refractivity contribution is 8.18. The summed E-state index contributed by atoms with van der Waals surface area (Å²) in [5.41, 5.74) is 5.08. The van der Waals surface area contributed by atoms with Crippen LogP contribution >= 0.6 is 11.8 Å². The molecule has 5 rings (SSSR count). The van der Waals surface area contributed by atoms with Crippen LogP contribution in [-0.2, 0) is 11.3 Å². The molecular formula is C28H26N6OS. The molecule has 2 aliphatic heterocycles. The standard InChI is InChI=1S/C28H26N6OS/c1-4-30-21-15-14-20(17-29)16-22(21)31-28-34(18-19-10-6-5-7-11-19)27(35)25(36-28)26-32(2)23-12-8-9-13-24(23)33(26)3/h5-16,30H,4,18H2,1-3H3/b31-28-. The van der Waals surface area contributed by atoms with Gasteiger partial charge in [-0.15, -0.1) is 0 Å². The van der Waals surface area contributed by atoms with Crippen LogP contribution in [0.25, 0.3) is 0 Å². The SMILES string of the molecule is CCNc1ccc(C#N)cc1/N=C1\SC(=C2N(C)c3ccccc3N2C)C(=O)N1Cc1ccccc1. The summed E-state index contributed by atoms with van der Waals surface area (Å²) < 4.78 is 0. The normalized spacial score (nSPS) is 16.1. The van der Waals surface area contributed by atoms with E-state index in [0.717, 1.165) is 28.4 Å². The third kappa shape index (κ3) is 4.18. The van der Waals surface area contributed by atoms with E-state index < -0.39 is 0 Å². The summed E-state index contributed by atoms with van der Waals surface area (Å²) in [6.45, 7) is 3.13. The van der Waals surface area contributed by atoms with Gasteiger partial charge < -0.3 is 15.1 Å². The minimum absolute atomic E-state index is 0.0921. The molecule has 2 heterocycles. The summed E-state index contributed by atoms with van der Waals surface area (Å²) in [5, 5.41) is 13.3. The summed E-state index contributed by atoms with van der Waals surface area (Å²) in [7, 11) is 3.96. The third-order valence-electron chi connectivity index (χ3n) is 6.20. The number of para-hydroxylation sites is 2. The third-order valence-corrected chi connectivity index (χ3v) is 7.26. The molecule has 1 amide bonds. The average molecular weight is 495 g/mol. The minimum atomic E-state index is -0.0921. The second-order valence-corrected chi connectivity index (χ2v) is 9.48. The molecule has 1 saturated heterocycles. The van der Waals surface area contributed by atoms with Gasteiger partial charge >= 0.3 is 0 Å². The molecule has 0 bridgehead atoms. The van der Waals surface area contributed by atoms with E-state index in [4.69, 9.17) is 4.99 Å². The van der Waals surface area contributed by atoms with Gasteiger partial charge in [-0.25, -0.2) is 4.99 Å². The summed E-state index contributed by atoms with van der Waals surface area (Å²) in [6.07, 6.45) is 0. The summed E-state index contributed by atoms with van der Waals surface area (Å²) in [6, 6.07) is 25.6. The van der Waals surface area contributed by atoms with E-state index in [1.807, 2.05) is 69.6 Å². The van der Waals surface area contributed by atoms with Gasteiger partial charge in [-0.1, -0.05) is 42.5 Å². The Labute approximate surface area is 215 Å². The number of amidine groups is 1. The Morgan fingerprint density at radius 1 is 0.972 bits per heavy atom. The number of nitriles is 1. The number of fused-ring (bicyclic) bond motifs is 1. The number of anilines is 3. The van der Waals surface area contributed by atoms with Crippen molar-refractivity contribution in [3.05, 3.63) is 94.6 Å². The summed E-state index contributed by atoms with van der Waals surface area (Å²) >= 11 is 1.37. The molecule has 8 heteroatoms. The molecule has 3 aromatic rings. The van der Waals surface area contributed by atoms with E-state index in [2.05, 4.69) is 33.3 Å². The second-order valence-electron chi connectivity index (χ2n) is 8.51. The van der Waals surface area contributed by atoms with E-state index in [9.17, 15) is 10.1 Å². The van der Waals surface area contributed by atoms with Crippen molar-refractivity contribution < 1.29 is 4.79 Å². The highest BCUT2D eigenvalue weighted by atomic mass is 32.2. The van der Waals surface area contributed by atoms with Crippen LogP contribution in [0.1, 0.15) is 18.1 Å². The first kappa shape index (κ1) is 23.5. The first-order chi connectivity index (χ1) is 17.5. The van der Waals surface area contributed by atoms with E-state index in [1.54, 1.807) is 17.0 Å².